The van der Waals surface area contributed by atoms with E-state index in [0.717, 1.165) is 12.8 Å². The Bertz CT molecular complexity index is 981. The number of nitrogens with one attached hydrogen (secondary N) is 1. The lowest BCUT2D eigenvalue weighted by molar-refractivity contribution is -0.140. The van der Waals surface area contributed by atoms with E-state index in [1.807, 2.05) is 20.8 Å². The Kier molecular flexibility index (Phi) is 5.16. The number of fused-ring (bicyclic) bond motifs is 1. The molecule has 1 heterocycles. The smallest absolute Gasteiger partial charge is 0.387 e. The molecule has 4 rings (SSSR count). The minimum atomic E-state index is -3.00. The van der Waals surface area contributed by atoms with Gasteiger partial charge in [0.1, 0.15) is 5.82 Å². The number of para-hydroxylation sites is 1. The van der Waals surface area contributed by atoms with Crippen molar-refractivity contribution in [2.45, 2.75) is 59.4 Å². The Hall–Kier alpha value is -2.70. The molecule has 4 nitrogen and oxygen atoms in total. The van der Waals surface area contributed by atoms with Crippen LogP contribution in [-0.4, -0.2) is 23.5 Å². The number of benzene rings is 2. The van der Waals surface area contributed by atoms with Crippen molar-refractivity contribution in [1.29, 1.82) is 0 Å². The van der Waals surface area contributed by atoms with Gasteiger partial charge in [0.15, 0.2) is 5.75 Å². The van der Waals surface area contributed by atoms with Crippen molar-refractivity contribution in [2.24, 2.45) is 5.41 Å². The SMILES string of the molecule is CC(C)(C)C(=O)N1Cc2cc(-c3cccc(NC4CC4)c3OC(F)F)cc(F)c2C1. The number of nitrogens with zero attached hydrogens (tertiary/aromatic N) is 1. The number of ether oxygens (including phenoxy) is 1. The monoisotopic (exact) mass is 418 g/mol. The molecule has 1 N–H and O–H groups in total. The Labute approximate surface area is 174 Å². The molecular formula is C23H25F3N2O2. The second kappa shape index (κ2) is 7.52. The molecular weight excluding hydrogens is 393 g/mol. The molecule has 0 saturated heterocycles. The summed E-state index contributed by atoms with van der Waals surface area (Å²) < 4.78 is 46.0. The summed E-state index contributed by atoms with van der Waals surface area (Å²) in [6, 6.07) is 8.41. The number of carbonyl (C=O) groups is 1. The van der Waals surface area contributed by atoms with Crippen molar-refractivity contribution in [3.63, 3.8) is 0 Å². The maximum Gasteiger partial charge on any atom is 0.387 e. The van der Waals surface area contributed by atoms with E-state index < -0.39 is 17.8 Å². The fraction of sp³-hybridized carbons (Fsp3) is 0.435. The third kappa shape index (κ3) is 4.11. The molecule has 30 heavy (non-hydrogen) atoms. The van der Waals surface area contributed by atoms with E-state index in [1.165, 1.54) is 6.07 Å². The van der Waals surface area contributed by atoms with Crippen molar-refractivity contribution >= 4 is 11.6 Å². The van der Waals surface area contributed by atoms with Crippen LogP contribution in [0.2, 0.25) is 0 Å². The second-order valence-corrected chi connectivity index (χ2v) is 8.99. The molecule has 1 fully saturated rings. The Morgan fingerprint density at radius 2 is 1.93 bits per heavy atom. The molecule has 1 amide bonds. The Balaban J connectivity index is 1.71. The van der Waals surface area contributed by atoms with Crippen LogP contribution in [0.25, 0.3) is 11.1 Å². The van der Waals surface area contributed by atoms with Crippen molar-refractivity contribution < 1.29 is 22.7 Å². The molecule has 0 aromatic heterocycles. The van der Waals surface area contributed by atoms with Crippen molar-refractivity contribution in [2.75, 3.05) is 5.32 Å². The first kappa shape index (κ1) is 20.6. The fourth-order valence-corrected chi connectivity index (χ4v) is 3.78. The minimum absolute atomic E-state index is 0.0133. The van der Waals surface area contributed by atoms with Gasteiger partial charge in [0.2, 0.25) is 5.91 Å². The van der Waals surface area contributed by atoms with Gasteiger partial charge in [-0.25, -0.2) is 4.39 Å². The zero-order valence-electron chi connectivity index (χ0n) is 17.3. The third-order valence-corrected chi connectivity index (χ3v) is 5.40. The largest absolute Gasteiger partial charge is 0.432 e. The normalized spacial score (nSPS) is 16.0. The van der Waals surface area contributed by atoms with Gasteiger partial charge in [-0.3, -0.25) is 4.79 Å². The highest BCUT2D eigenvalue weighted by molar-refractivity contribution is 5.83. The summed E-state index contributed by atoms with van der Waals surface area (Å²) in [5.74, 6) is -0.494. The first-order valence-corrected chi connectivity index (χ1v) is 10.1. The highest BCUT2D eigenvalue weighted by atomic mass is 19.3. The van der Waals surface area contributed by atoms with Crippen LogP contribution < -0.4 is 10.1 Å². The van der Waals surface area contributed by atoms with Crippen molar-refractivity contribution in [3.8, 4) is 16.9 Å². The predicted molar refractivity (Wildman–Crippen MR) is 109 cm³/mol. The lowest BCUT2D eigenvalue weighted by Gasteiger charge is -2.25. The number of anilines is 1. The standard InChI is InChI=1S/C23H25F3N2O2/c1-23(2,3)21(29)28-11-14-9-13(10-18(24)17(14)12-28)16-5-4-6-19(27-15-7-8-15)20(16)30-22(25)26/h4-6,9-10,15,22,27H,7-8,11-12H2,1-3H3. The fourth-order valence-electron chi connectivity index (χ4n) is 3.78. The minimum Gasteiger partial charge on any atom is -0.432 e. The average molecular weight is 418 g/mol. The van der Waals surface area contributed by atoms with Gasteiger partial charge in [-0.05, 0) is 42.2 Å². The van der Waals surface area contributed by atoms with Crippen LogP contribution in [0, 0.1) is 11.2 Å². The highest BCUT2D eigenvalue weighted by Crippen LogP contribution is 2.42. The number of amides is 1. The highest BCUT2D eigenvalue weighted by Gasteiger charge is 2.33. The van der Waals surface area contributed by atoms with Gasteiger partial charge in [-0.1, -0.05) is 32.9 Å². The molecule has 160 valence electrons. The predicted octanol–water partition coefficient (Wildman–Crippen LogP) is 5.56. The van der Waals surface area contributed by atoms with E-state index >= 15 is 0 Å². The van der Waals surface area contributed by atoms with E-state index in [9.17, 15) is 18.0 Å². The van der Waals surface area contributed by atoms with Crippen LogP contribution in [0.5, 0.6) is 5.75 Å². The van der Waals surface area contributed by atoms with E-state index in [2.05, 4.69) is 5.32 Å². The summed E-state index contributed by atoms with van der Waals surface area (Å²) in [6.45, 7) is 2.98. The van der Waals surface area contributed by atoms with E-state index in [-0.39, 0.29) is 24.2 Å². The van der Waals surface area contributed by atoms with Crippen LogP contribution in [0.3, 0.4) is 0 Å². The summed E-state index contributed by atoms with van der Waals surface area (Å²) in [4.78, 5) is 14.2. The number of alkyl halides is 2. The van der Waals surface area contributed by atoms with Crippen LogP contribution in [0.15, 0.2) is 30.3 Å². The lowest BCUT2D eigenvalue weighted by Crippen LogP contribution is -2.35. The topological polar surface area (TPSA) is 41.6 Å². The van der Waals surface area contributed by atoms with Crippen LogP contribution in [0.4, 0.5) is 18.9 Å². The van der Waals surface area contributed by atoms with Gasteiger partial charge < -0.3 is 15.0 Å². The molecule has 2 aromatic carbocycles. The van der Waals surface area contributed by atoms with Crippen LogP contribution in [-0.2, 0) is 17.9 Å². The molecule has 1 aliphatic carbocycles. The maximum atomic E-state index is 14.9. The molecule has 1 saturated carbocycles. The van der Waals surface area contributed by atoms with Gasteiger partial charge in [-0.2, -0.15) is 8.78 Å². The molecule has 0 spiro atoms. The average Bonchev–Trinajstić information content (AvgIpc) is 3.36. The quantitative estimate of drug-likeness (QED) is 0.692. The Morgan fingerprint density at radius 3 is 2.57 bits per heavy atom. The van der Waals surface area contributed by atoms with Gasteiger partial charge in [-0.15, -0.1) is 0 Å². The lowest BCUT2D eigenvalue weighted by atomic mass is 9.95. The zero-order valence-corrected chi connectivity index (χ0v) is 17.3. The molecule has 7 heteroatoms. The number of hydrogen-bond acceptors (Lipinski definition) is 3. The number of carbonyl (C=O) groups excluding carboxylic acids is 1. The first-order chi connectivity index (χ1) is 14.1. The molecule has 2 aromatic rings. The van der Waals surface area contributed by atoms with Gasteiger partial charge in [0.25, 0.3) is 0 Å². The maximum absolute atomic E-state index is 14.9. The zero-order chi connectivity index (χ0) is 21.6. The van der Waals surface area contributed by atoms with Gasteiger partial charge in [0.05, 0.1) is 5.69 Å². The molecule has 1 aliphatic heterocycles. The summed E-state index contributed by atoms with van der Waals surface area (Å²) in [7, 11) is 0. The Morgan fingerprint density at radius 1 is 1.20 bits per heavy atom. The number of rotatable bonds is 5. The van der Waals surface area contributed by atoms with E-state index in [4.69, 9.17) is 4.74 Å². The number of hydrogen-bond donors (Lipinski definition) is 1. The third-order valence-electron chi connectivity index (χ3n) is 5.40. The summed E-state index contributed by atoms with van der Waals surface area (Å²) in [6.07, 6.45) is 1.95. The van der Waals surface area contributed by atoms with E-state index in [1.54, 1.807) is 29.2 Å². The molecule has 0 bridgehead atoms. The van der Waals surface area contributed by atoms with Crippen LogP contribution in [0.1, 0.15) is 44.7 Å². The first-order valence-electron chi connectivity index (χ1n) is 10.1. The van der Waals surface area contributed by atoms with E-state index in [0.29, 0.717) is 34.5 Å². The number of halogens is 3. The van der Waals surface area contributed by atoms with Gasteiger partial charge in [0, 0.05) is 35.7 Å². The van der Waals surface area contributed by atoms with Crippen LogP contribution >= 0.6 is 0 Å². The molecule has 0 atom stereocenters. The molecule has 0 radical (unpaired) electrons. The van der Waals surface area contributed by atoms with Crippen molar-refractivity contribution in [1.82, 2.24) is 4.90 Å². The summed E-state index contributed by atoms with van der Waals surface area (Å²) in [5, 5.41) is 3.20. The van der Waals surface area contributed by atoms with Crippen molar-refractivity contribution in [3.05, 3.63) is 47.3 Å². The summed E-state index contributed by atoms with van der Waals surface area (Å²) >= 11 is 0. The molecule has 0 unspecified atom stereocenters. The summed E-state index contributed by atoms with van der Waals surface area (Å²) in [5.41, 5.74) is 1.91. The molecule has 2 aliphatic rings. The second-order valence-electron chi connectivity index (χ2n) is 8.99. The van der Waals surface area contributed by atoms with Gasteiger partial charge >= 0.3 is 6.61 Å².